The van der Waals surface area contributed by atoms with Crippen LogP contribution in [0.1, 0.15) is 11.1 Å². The first-order valence-electron chi connectivity index (χ1n) is 10.8. The van der Waals surface area contributed by atoms with Crippen LogP contribution in [0.25, 0.3) is 10.8 Å². The molecule has 186 valence electrons. The topological polar surface area (TPSA) is 158 Å². The first kappa shape index (κ1) is 25.2. The molecule has 1 aliphatic rings. The smallest absolute Gasteiger partial charge is 0.372 e. The number of benzene rings is 3. The fourth-order valence-electron chi connectivity index (χ4n) is 3.79. The van der Waals surface area contributed by atoms with Crippen molar-refractivity contribution in [2.24, 2.45) is 10.2 Å². The second-order valence-electron chi connectivity index (χ2n) is 8.27. The van der Waals surface area contributed by atoms with Crippen molar-refractivity contribution in [1.29, 1.82) is 0 Å². The van der Waals surface area contributed by atoms with Crippen molar-refractivity contribution in [3.05, 3.63) is 94.5 Å². The monoisotopic (exact) mass is 509 g/mol. The Kier molecular flexibility index (Phi) is 6.74. The quantitative estimate of drug-likeness (QED) is 0.221. The number of nitrogens with zero attached hydrogens (tertiary/aromatic N) is 2. The molecule has 0 aliphatic heterocycles. The van der Waals surface area contributed by atoms with Gasteiger partial charge < -0.3 is 15.1 Å². The summed E-state index contributed by atoms with van der Waals surface area (Å²) in [7, 11) is -4.97. The maximum absolute atomic E-state index is 13.0. The minimum atomic E-state index is -4.97. The van der Waals surface area contributed by atoms with Crippen LogP contribution >= 0.6 is 0 Å². The Balaban J connectivity index is 1.71. The Morgan fingerprint density at radius 1 is 1.03 bits per heavy atom. The predicted molar refractivity (Wildman–Crippen MR) is 133 cm³/mol. The predicted octanol–water partition coefficient (Wildman–Crippen LogP) is 3.87. The lowest BCUT2D eigenvalue weighted by Gasteiger charge is -2.32. The first-order valence-corrected chi connectivity index (χ1v) is 12.2. The SMILES string of the molecule is Cc1ccc(NOC(=O)C2(O)C(N=Nc3cccc4ccccc34)=CC=C(S(=O)(=O)O)C2O)c(C)c1. The number of anilines is 1. The Bertz CT molecular complexity index is 1540. The van der Waals surface area contributed by atoms with E-state index in [-0.39, 0.29) is 0 Å². The summed E-state index contributed by atoms with van der Waals surface area (Å²) in [5.41, 5.74) is 1.38. The van der Waals surface area contributed by atoms with Gasteiger partial charge in [-0.05, 0) is 49.1 Å². The number of carbonyl (C=O) groups is 1. The molecule has 11 heteroatoms. The molecular formula is C25H23N3O7S. The van der Waals surface area contributed by atoms with E-state index in [1.54, 1.807) is 43.3 Å². The summed E-state index contributed by atoms with van der Waals surface area (Å²) in [6, 6.07) is 17.8. The number of nitrogens with one attached hydrogen (secondary N) is 1. The summed E-state index contributed by atoms with van der Waals surface area (Å²) in [6.45, 7) is 3.64. The van der Waals surface area contributed by atoms with Crippen LogP contribution < -0.4 is 5.48 Å². The van der Waals surface area contributed by atoms with Crippen LogP contribution in [-0.4, -0.2) is 40.9 Å². The second-order valence-corrected chi connectivity index (χ2v) is 9.69. The number of fused-ring (bicyclic) bond motifs is 1. The lowest BCUT2D eigenvalue weighted by Crippen LogP contribution is -2.55. The minimum Gasteiger partial charge on any atom is -0.383 e. The Labute approximate surface area is 207 Å². The van der Waals surface area contributed by atoms with E-state index in [4.69, 9.17) is 4.84 Å². The largest absolute Gasteiger partial charge is 0.383 e. The summed E-state index contributed by atoms with van der Waals surface area (Å²) >= 11 is 0. The highest BCUT2D eigenvalue weighted by atomic mass is 32.2. The molecule has 0 heterocycles. The van der Waals surface area contributed by atoms with Gasteiger partial charge in [-0.2, -0.15) is 18.6 Å². The number of aliphatic hydroxyl groups is 2. The maximum Gasteiger partial charge on any atom is 0.372 e. The number of aliphatic hydroxyl groups excluding tert-OH is 1. The van der Waals surface area contributed by atoms with Gasteiger partial charge >= 0.3 is 5.97 Å². The highest BCUT2D eigenvalue weighted by Gasteiger charge is 2.55. The average molecular weight is 510 g/mol. The standard InChI is InChI=1S/C25H23N3O7S/c1-15-10-11-19(16(2)14-15)28-35-24(30)25(31)22(13-12-21(23(25)29)36(32,33)34)27-26-20-9-5-7-17-6-3-4-8-18(17)20/h3-14,23,28-29,31H,1-2H3,(H,32,33,34). The average Bonchev–Trinajstić information content (AvgIpc) is 2.83. The van der Waals surface area contributed by atoms with Gasteiger partial charge in [-0.1, -0.05) is 54.1 Å². The zero-order chi connectivity index (χ0) is 26.1. The molecule has 1 aliphatic carbocycles. The molecule has 0 fully saturated rings. The summed E-state index contributed by atoms with van der Waals surface area (Å²) in [5.74, 6) is -1.47. The summed E-state index contributed by atoms with van der Waals surface area (Å²) in [4.78, 5) is 17.1. The van der Waals surface area contributed by atoms with Crippen LogP contribution in [0.4, 0.5) is 11.4 Å². The lowest BCUT2D eigenvalue weighted by molar-refractivity contribution is -0.166. The van der Waals surface area contributed by atoms with E-state index in [0.29, 0.717) is 11.4 Å². The fourth-order valence-corrected chi connectivity index (χ4v) is 4.48. The van der Waals surface area contributed by atoms with Gasteiger partial charge in [0.25, 0.3) is 10.1 Å². The molecule has 0 amide bonds. The van der Waals surface area contributed by atoms with Gasteiger partial charge in [-0.25, -0.2) is 10.3 Å². The van der Waals surface area contributed by atoms with E-state index >= 15 is 0 Å². The van der Waals surface area contributed by atoms with E-state index < -0.39 is 38.4 Å². The highest BCUT2D eigenvalue weighted by Crippen LogP contribution is 2.36. The molecule has 0 radical (unpaired) electrons. The summed E-state index contributed by atoms with van der Waals surface area (Å²) in [5, 5.41) is 31.6. The zero-order valence-electron chi connectivity index (χ0n) is 19.3. The van der Waals surface area contributed by atoms with E-state index in [9.17, 15) is 28.0 Å². The number of azo groups is 1. The molecule has 3 aromatic rings. The molecule has 0 bridgehead atoms. The van der Waals surface area contributed by atoms with Crippen LogP contribution in [0.5, 0.6) is 0 Å². The van der Waals surface area contributed by atoms with E-state index in [0.717, 1.165) is 34.1 Å². The van der Waals surface area contributed by atoms with Gasteiger partial charge in [0.1, 0.15) is 16.7 Å². The fraction of sp³-hybridized carbons (Fsp3) is 0.160. The van der Waals surface area contributed by atoms with Gasteiger partial charge in [0.05, 0.1) is 11.4 Å². The molecular weight excluding hydrogens is 486 g/mol. The number of hydrogen-bond donors (Lipinski definition) is 4. The van der Waals surface area contributed by atoms with Gasteiger partial charge in [0.2, 0.25) is 5.60 Å². The summed E-state index contributed by atoms with van der Waals surface area (Å²) in [6.07, 6.45) is -0.632. The summed E-state index contributed by atoms with van der Waals surface area (Å²) < 4.78 is 33.0. The molecule has 10 nitrogen and oxygen atoms in total. The number of allylic oxidation sites excluding steroid dienone is 2. The van der Waals surface area contributed by atoms with Crippen molar-refractivity contribution in [2.75, 3.05) is 5.48 Å². The van der Waals surface area contributed by atoms with E-state index in [1.165, 1.54) is 0 Å². The van der Waals surface area contributed by atoms with Crippen molar-refractivity contribution in [3.63, 3.8) is 0 Å². The third-order valence-corrected chi connectivity index (χ3v) is 6.69. The maximum atomic E-state index is 13.0. The van der Waals surface area contributed by atoms with Crippen LogP contribution in [0.2, 0.25) is 0 Å². The number of aryl methyl sites for hydroxylation is 2. The van der Waals surface area contributed by atoms with Gasteiger partial charge in [0.15, 0.2) is 0 Å². The lowest BCUT2D eigenvalue weighted by atomic mass is 9.88. The highest BCUT2D eigenvalue weighted by molar-refractivity contribution is 7.89. The second kappa shape index (κ2) is 9.63. The third-order valence-electron chi connectivity index (χ3n) is 5.74. The van der Waals surface area contributed by atoms with Crippen LogP contribution in [-0.2, 0) is 19.8 Å². The molecule has 2 atom stereocenters. The molecule has 0 saturated carbocycles. The van der Waals surface area contributed by atoms with Crippen LogP contribution in [0.15, 0.2) is 93.6 Å². The van der Waals surface area contributed by atoms with Gasteiger partial charge in [0, 0.05) is 5.39 Å². The van der Waals surface area contributed by atoms with Crippen molar-refractivity contribution in [3.8, 4) is 0 Å². The van der Waals surface area contributed by atoms with Crippen molar-refractivity contribution < 1.29 is 32.8 Å². The molecule has 36 heavy (non-hydrogen) atoms. The molecule has 4 N–H and O–H groups in total. The molecule has 0 saturated heterocycles. The zero-order valence-corrected chi connectivity index (χ0v) is 20.1. The normalized spacial score (nSPS) is 20.2. The Hall–Kier alpha value is -3.90. The Morgan fingerprint density at radius 2 is 1.75 bits per heavy atom. The number of hydrogen-bond acceptors (Lipinski definition) is 9. The number of rotatable bonds is 6. The van der Waals surface area contributed by atoms with Crippen molar-refractivity contribution in [2.45, 2.75) is 25.6 Å². The first-order chi connectivity index (χ1) is 17.0. The molecule has 3 aromatic carbocycles. The molecule has 0 aromatic heterocycles. The van der Waals surface area contributed by atoms with Crippen LogP contribution in [0.3, 0.4) is 0 Å². The van der Waals surface area contributed by atoms with Crippen LogP contribution in [0, 0.1) is 13.8 Å². The number of carbonyl (C=O) groups excluding carboxylic acids is 1. The van der Waals surface area contributed by atoms with Gasteiger partial charge in [-0.15, -0.1) is 0 Å². The third kappa shape index (κ3) is 4.77. The minimum absolute atomic E-state index is 0.399. The molecule has 4 rings (SSSR count). The van der Waals surface area contributed by atoms with Gasteiger partial charge in [-0.3, -0.25) is 4.55 Å². The molecule has 0 spiro atoms. The van der Waals surface area contributed by atoms with Crippen molar-refractivity contribution in [1.82, 2.24) is 0 Å². The van der Waals surface area contributed by atoms with Crippen molar-refractivity contribution >= 4 is 38.2 Å². The van der Waals surface area contributed by atoms with E-state index in [2.05, 4.69) is 15.7 Å². The molecule has 2 unspecified atom stereocenters. The Morgan fingerprint density at radius 3 is 2.47 bits per heavy atom. The van der Waals surface area contributed by atoms with E-state index in [1.807, 2.05) is 31.2 Å².